The van der Waals surface area contributed by atoms with Crippen LogP contribution in [0.5, 0.6) is 0 Å². The summed E-state index contributed by atoms with van der Waals surface area (Å²) in [5, 5.41) is 0. The number of benzene rings is 1. The molecule has 0 aliphatic heterocycles. The summed E-state index contributed by atoms with van der Waals surface area (Å²) < 4.78 is 2.88. The molecule has 2 heterocycles. The van der Waals surface area contributed by atoms with E-state index in [9.17, 15) is 4.79 Å². The van der Waals surface area contributed by atoms with Crippen molar-refractivity contribution in [2.75, 3.05) is 0 Å². The fourth-order valence-electron chi connectivity index (χ4n) is 1.98. The molecule has 0 radical (unpaired) electrons. The van der Waals surface area contributed by atoms with Crippen LogP contribution in [0.2, 0.25) is 0 Å². The van der Waals surface area contributed by atoms with Gasteiger partial charge in [-0.15, -0.1) is 0 Å². The maximum Gasteiger partial charge on any atom is 0.170 e. The first kappa shape index (κ1) is 11.2. The lowest BCUT2D eigenvalue weighted by Crippen LogP contribution is -1.89. The Labute approximate surface area is 112 Å². The molecule has 0 saturated carbocycles. The zero-order valence-corrected chi connectivity index (χ0v) is 11.0. The van der Waals surface area contributed by atoms with E-state index in [1.54, 1.807) is 0 Å². The highest BCUT2D eigenvalue weighted by Crippen LogP contribution is 2.28. The topological polar surface area (TPSA) is 34.4 Å². The molecule has 2 aromatic heterocycles. The lowest BCUT2D eigenvalue weighted by Gasteiger charge is -2.03. The minimum absolute atomic E-state index is 0.460. The number of halogens is 1. The summed E-state index contributed by atoms with van der Waals surface area (Å²) >= 11 is 3.51. The zero-order chi connectivity index (χ0) is 12.5. The molecule has 0 amide bonds. The molecule has 3 aromatic rings. The van der Waals surface area contributed by atoms with Crippen LogP contribution in [0.15, 0.2) is 53.1 Å². The Morgan fingerprint density at radius 3 is 2.67 bits per heavy atom. The second-order valence-corrected chi connectivity index (χ2v) is 4.73. The maximum absolute atomic E-state index is 11.1. The Morgan fingerprint density at radius 2 is 1.89 bits per heavy atom. The lowest BCUT2D eigenvalue weighted by molar-refractivity contribution is 0.112. The first-order valence-corrected chi connectivity index (χ1v) is 6.28. The average molecular weight is 301 g/mol. The van der Waals surface area contributed by atoms with Crippen molar-refractivity contribution in [3.63, 3.8) is 0 Å². The molecule has 88 valence electrons. The number of aldehydes is 1. The summed E-state index contributed by atoms with van der Waals surface area (Å²) in [6.45, 7) is 0. The van der Waals surface area contributed by atoms with Gasteiger partial charge in [-0.1, -0.05) is 40.2 Å². The highest BCUT2D eigenvalue weighted by Gasteiger charge is 2.13. The van der Waals surface area contributed by atoms with Gasteiger partial charge in [-0.2, -0.15) is 0 Å². The molecule has 0 aliphatic rings. The third-order valence-electron chi connectivity index (χ3n) is 2.80. The van der Waals surface area contributed by atoms with Crippen molar-refractivity contribution < 1.29 is 4.79 Å². The van der Waals surface area contributed by atoms with Gasteiger partial charge >= 0.3 is 0 Å². The van der Waals surface area contributed by atoms with E-state index < -0.39 is 0 Å². The van der Waals surface area contributed by atoms with Crippen molar-refractivity contribution in [1.82, 2.24) is 9.38 Å². The van der Waals surface area contributed by atoms with Gasteiger partial charge in [0.15, 0.2) is 6.29 Å². The van der Waals surface area contributed by atoms with Crippen LogP contribution in [0, 0.1) is 0 Å². The van der Waals surface area contributed by atoms with E-state index in [1.165, 1.54) is 0 Å². The van der Waals surface area contributed by atoms with Gasteiger partial charge in [0.2, 0.25) is 0 Å². The number of hydrogen-bond acceptors (Lipinski definition) is 2. The molecule has 3 nitrogen and oxygen atoms in total. The van der Waals surface area contributed by atoms with E-state index in [0.29, 0.717) is 5.69 Å². The Hall–Kier alpha value is -1.94. The third-order valence-corrected chi connectivity index (χ3v) is 3.49. The van der Waals surface area contributed by atoms with Gasteiger partial charge in [0, 0.05) is 16.2 Å². The zero-order valence-electron chi connectivity index (χ0n) is 9.38. The van der Waals surface area contributed by atoms with Gasteiger partial charge in [-0.05, 0) is 18.2 Å². The summed E-state index contributed by atoms with van der Waals surface area (Å²) in [6, 6.07) is 13.5. The van der Waals surface area contributed by atoms with Crippen LogP contribution in [0.3, 0.4) is 0 Å². The first-order chi connectivity index (χ1) is 8.81. The lowest BCUT2D eigenvalue weighted by atomic mass is 10.2. The summed E-state index contributed by atoms with van der Waals surface area (Å²) in [5.41, 5.74) is 2.24. The molecule has 1 aromatic carbocycles. The number of nitrogens with zero attached hydrogens (tertiary/aromatic N) is 2. The number of pyridine rings is 1. The van der Waals surface area contributed by atoms with Crippen LogP contribution in [0.1, 0.15) is 10.5 Å². The van der Waals surface area contributed by atoms with Crippen LogP contribution >= 0.6 is 15.9 Å². The normalized spacial score (nSPS) is 10.7. The van der Waals surface area contributed by atoms with Crippen molar-refractivity contribution in [2.24, 2.45) is 0 Å². The largest absolute Gasteiger partial charge is 0.299 e. The van der Waals surface area contributed by atoms with Gasteiger partial charge < -0.3 is 0 Å². The highest BCUT2D eigenvalue weighted by atomic mass is 79.9. The fraction of sp³-hybridized carbons (Fsp3) is 0. The van der Waals surface area contributed by atoms with Crippen LogP contribution in [-0.2, 0) is 0 Å². The number of fused-ring (bicyclic) bond motifs is 1. The number of hydrogen-bond donors (Lipinski definition) is 0. The molecule has 0 unspecified atom stereocenters. The SMILES string of the molecule is O=Cc1nc(-c2ccccc2Br)n2ccccc12. The smallest absolute Gasteiger partial charge is 0.170 e. The van der Waals surface area contributed by atoms with E-state index >= 15 is 0 Å². The van der Waals surface area contributed by atoms with Gasteiger partial charge in [-0.3, -0.25) is 9.20 Å². The molecule has 0 saturated heterocycles. The molecule has 0 bridgehead atoms. The number of aromatic nitrogens is 2. The molecule has 4 heteroatoms. The standard InChI is InChI=1S/C14H9BrN2O/c15-11-6-2-1-5-10(11)14-16-12(9-18)13-7-3-4-8-17(13)14/h1-9H. The molecule has 18 heavy (non-hydrogen) atoms. The van der Waals surface area contributed by atoms with Crippen LogP contribution in [0.4, 0.5) is 0 Å². The van der Waals surface area contributed by atoms with Crippen molar-refractivity contribution in [3.05, 3.63) is 58.8 Å². The maximum atomic E-state index is 11.1. The van der Waals surface area contributed by atoms with Crippen molar-refractivity contribution in [2.45, 2.75) is 0 Å². The van der Waals surface area contributed by atoms with E-state index in [1.807, 2.05) is 53.1 Å². The van der Waals surface area contributed by atoms with Gasteiger partial charge in [0.1, 0.15) is 11.5 Å². The van der Waals surface area contributed by atoms with Crippen LogP contribution < -0.4 is 0 Å². The Morgan fingerprint density at radius 1 is 1.11 bits per heavy atom. The Balaban J connectivity index is 2.37. The van der Waals surface area contributed by atoms with Crippen molar-refractivity contribution in [3.8, 4) is 11.4 Å². The Kier molecular flexibility index (Phi) is 2.72. The van der Waals surface area contributed by atoms with E-state index in [-0.39, 0.29) is 0 Å². The fourth-order valence-corrected chi connectivity index (χ4v) is 2.44. The molecule has 0 fully saturated rings. The minimum atomic E-state index is 0.460. The Bertz CT molecular complexity index is 733. The predicted octanol–water partition coefficient (Wildman–Crippen LogP) is 3.58. The molecular formula is C14H9BrN2O. The van der Waals surface area contributed by atoms with Gasteiger partial charge in [0.05, 0.1) is 5.52 Å². The van der Waals surface area contributed by atoms with E-state index in [0.717, 1.165) is 27.7 Å². The molecule has 3 rings (SSSR count). The van der Waals surface area contributed by atoms with Crippen molar-refractivity contribution in [1.29, 1.82) is 0 Å². The first-order valence-electron chi connectivity index (χ1n) is 5.48. The average Bonchev–Trinajstić information content (AvgIpc) is 2.78. The van der Waals surface area contributed by atoms with Crippen LogP contribution in [-0.4, -0.2) is 15.7 Å². The second-order valence-electron chi connectivity index (χ2n) is 3.87. The number of carbonyl (C=O) groups excluding carboxylic acids is 1. The van der Waals surface area contributed by atoms with E-state index in [2.05, 4.69) is 20.9 Å². The number of carbonyl (C=O) groups is 1. The summed E-state index contributed by atoms with van der Waals surface area (Å²) in [4.78, 5) is 15.5. The highest BCUT2D eigenvalue weighted by molar-refractivity contribution is 9.10. The molecule has 0 atom stereocenters. The molecule has 0 N–H and O–H groups in total. The van der Waals surface area contributed by atoms with Gasteiger partial charge in [0.25, 0.3) is 0 Å². The number of rotatable bonds is 2. The second kappa shape index (κ2) is 4.38. The molecule has 0 spiro atoms. The third kappa shape index (κ3) is 1.66. The molecule has 0 aliphatic carbocycles. The summed E-state index contributed by atoms with van der Waals surface area (Å²) in [6.07, 6.45) is 2.69. The summed E-state index contributed by atoms with van der Waals surface area (Å²) in [5.74, 6) is 0.764. The van der Waals surface area contributed by atoms with Crippen molar-refractivity contribution >= 4 is 27.7 Å². The summed E-state index contributed by atoms with van der Waals surface area (Å²) in [7, 11) is 0. The van der Waals surface area contributed by atoms with Crippen LogP contribution in [0.25, 0.3) is 16.9 Å². The van der Waals surface area contributed by atoms with Gasteiger partial charge in [-0.25, -0.2) is 4.98 Å². The number of imidazole rings is 1. The van der Waals surface area contributed by atoms with E-state index in [4.69, 9.17) is 0 Å². The minimum Gasteiger partial charge on any atom is -0.299 e. The molecular weight excluding hydrogens is 292 g/mol. The quantitative estimate of drug-likeness (QED) is 0.678. The monoisotopic (exact) mass is 300 g/mol. The predicted molar refractivity (Wildman–Crippen MR) is 73.7 cm³/mol.